The van der Waals surface area contributed by atoms with E-state index in [1.165, 1.54) is 6.07 Å². The summed E-state index contributed by atoms with van der Waals surface area (Å²) < 4.78 is 25.5. The van der Waals surface area contributed by atoms with Gasteiger partial charge in [0.05, 0.1) is 36.9 Å². The van der Waals surface area contributed by atoms with E-state index in [1.807, 2.05) is 31.0 Å². The lowest BCUT2D eigenvalue weighted by Gasteiger charge is -2.42. The maximum absolute atomic E-state index is 13.9. The molecule has 0 saturated carbocycles. The van der Waals surface area contributed by atoms with E-state index < -0.39 is 5.60 Å². The summed E-state index contributed by atoms with van der Waals surface area (Å²) in [6, 6.07) is 10.5. The number of ether oxygens (including phenoxy) is 2. The lowest BCUT2D eigenvalue weighted by Crippen LogP contribution is -2.49. The second kappa shape index (κ2) is 8.38. The van der Waals surface area contributed by atoms with Crippen molar-refractivity contribution in [2.75, 3.05) is 26.8 Å². The maximum Gasteiger partial charge on any atom is 0.140 e. The molecule has 2 aromatic rings. The number of rotatable bonds is 7. The topological polar surface area (TPSA) is 34.1 Å². The molecule has 1 heterocycles. The standard InChI is InChI=1S/C21H24ClFN2O2/c1-4-25(3)14-24-20-9-15(2)17(10-18(20)22)21(12-26-13-21)27-11-16-7-5-6-8-19(16)23/h5-10,14H,4,11-13H2,1-3H3. The average molecular weight is 391 g/mol. The summed E-state index contributed by atoms with van der Waals surface area (Å²) in [5.41, 5.74) is 2.60. The third-order valence-corrected chi connectivity index (χ3v) is 5.11. The van der Waals surface area contributed by atoms with E-state index in [0.717, 1.165) is 17.7 Å². The first-order chi connectivity index (χ1) is 12.9. The van der Waals surface area contributed by atoms with Crippen LogP contribution in [0.5, 0.6) is 0 Å². The minimum absolute atomic E-state index is 0.175. The molecule has 2 aromatic carbocycles. The first-order valence-corrected chi connectivity index (χ1v) is 9.33. The lowest BCUT2D eigenvalue weighted by atomic mass is 9.88. The average Bonchev–Trinajstić information content (AvgIpc) is 2.63. The molecular weight excluding hydrogens is 367 g/mol. The van der Waals surface area contributed by atoms with Gasteiger partial charge in [-0.2, -0.15) is 0 Å². The molecule has 0 amide bonds. The molecule has 4 nitrogen and oxygen atoms in total. The van der Waals surface area contributed by atoms with Crippen LogP contribution in [0.2, 0.25) is 5.02 Å². The van der Waals surface area contributed by atoms with E-state index >= 15 is 0 Å². The van der Waals surface area contributed by atoms with Crippen molar-refractivity contribution in [3.05, 3.63) is 63.9 Å². The number of nitrogens with zero attached hydrogens (tertiary/aromatic N) is 2. The summed E-state index contributed by atoms with van der Waals surface area (Å²) in [5, 5.41) is 0.553. The predicted molar refractivity (Wildman–Crippen MR) is 106 cm³/mol. The molecule has 1 saturated heterocycles. The van der Waals surface area contributed by atoms with Gasteiger partial charge in [0.25, 0.3) is 0 Å². The molecule has 6 heteroatoms. The molecule has 0 aromatic heterocycles. The third kappa shape index (κ3) is 4.32. The molecule has 1 aliphatic heterocycles. The first kappa shape index (κ1) is 19.8. The van der Waals surface area contributed by atoms with Crippen LogP contribution in [0, 0.1) is 12.7 Å². The van der Waals surface area contributed by atoms with Crippen molar-refractivity contribution < 1.29 is 13.9 Å². The van der Waals surface area contributed by atoms with Gasteiger partial charge >= 0.3 is 0 Å². The van der Waals surface area contributed by atoms with E-state index in [-0.39, 0.29) is 12.4 Å². The first-order valence-electron chi connectivity index (χ1n) is 8.95. The van der Waals surface area contributed by atoms with E-state index in [2.05, 4.69) is 11.9 Å². The largest absolute Gasteiger partial charge is 0.375 e. The van der Waals surface area contributed by atoms with E-state index in [4.69, 9.17) is 21.1 Å². The number of hydrogen-bond donors (Lipinski definition) is 0. The zero-order chi connectivity index (χ0) is 19.4. The SMILES string of the molecule is CCN(C)C=Nc1cc(C)c(C2(OCc3ccccc3F)COC2)cc1Cl. The van der Waals surface area contributed by atoms with Crippen LogP contribution >= 0.6 is 11.6 Å². The van der Waals surface area contributed by atoms with Crippen molar-refractivity contribution in [3.63, 3.8) is 0 Å². The van der Waals surface area contributed by atoms with Crippen LogP contribution in [0.4, 0.5) is 10.1 Å². The Kier molecular flexibility index (Phi) is 6.15. The maximum atomic E-state index is 13.9. The summed E-state index contributed by atoms with van der Waals surface area (Å²) >= 11 is 6.47. The lowest BCUT2D eigenvalue weighted by molar-refractivity contribution is -0.223. The smallest absolute Gasteiger partial charge is 0.140 e. The Bertz CT molecular complexity index is 837. The molecule has 3 rings (SSSR count). The fourth-order valence-corrected chi connectivity index (χ4v) is 3.15. The summed E-state index contributed by atoms with van der Waals surface area (Å²) in [5.74, 6) is -0.271. The van der Waals surface area contributed by atoms with Crippen LogP contribution in [0.15, 0.2) is 41.4 Å². The van der Waals surface area contributed by atoms with Gasteiger partial charge in [-0.15, -0.1) is 0 Å². The van der Waals surface area contributed by atoms with Crippen LogP contribution in [-0.4, -0.2) is 38.0 Å². The van der Waals surface area contributed by atoms with Crippen molar-refractivity contribution in [2.45, 2.75) is 26.1 Å². The van der Waals surface area contributed by atoms with Gasteiger partial charge in [-0.25, -0.2) is 9.38 Å². The Hall–Kier alpha value is -1.95. The second-order valence-electron chi connectivity index (χ2n) is 6.80. The summed E-state index contributed by atoms with van der Waals surface area (Å²) in [4.78, 5) is 6.43. The number of benzene rings is 2. The minimum atomic E-state index is -0.613. The highest BCUT2D eigenvalue weighted by atomic mass is 35.5. The zero-order valence-corrected chi connectivity index (χ0v) is 16.6. The van der Waals surface area contributed by atoms with Crippen molar-refractivity contribution in [3.8, 4) is 0 Å². The summed E-state index contributed by atoms with van der Waals surface area (Å²) in [6.45, 7) is 5.92. The Morgan fingerprint density at radius 2 is 2.07 bits per heavy atom. The van der Waals surface area contributed by atoms with E-state index in [9.17, 15) is 4.39 Å². The zero-order valence-electron chi connectivity index (χ0n) is 15.8. The van der Waals surface area contributed by atoms with Gasteiger partial charge in [-0.1, -0.05) is 29.8 Å². The molecule has 144 valence electrons. The predicted octanol–water partition coefficient (Wildman–Crippen LogP) is 4.84. The van der Waals surface area contributed by atoms with Crippen molar-refractivity contribution in [1.29, 1.82) is 0 Å². The van der Waals surface area contributed by atoms with Gasteiger partial charge in [-0.05, 0) is 43.2 Å². The minimum Gasteiger partial charge on any atom is -0.375 e. The van der Waals surface area contributed by atoms with Crippen LogP contribution in [0.25, 0.3) is 0 Å². The van der Waals surface area contributed by atoms with Crippen LogP contribution in [0.3, 0.4) is 0 Å². The molecule has 0 radical (unpaired) electrons. The van der Waals surface area contributed by atoms with Crippen molar-refractivity contribution in [1.82, 2.24) is 4.90 Å². The monoisotopic (exact) mass is 390 g/mol. The van der Waals surface area contributed by atoms with Crippen molar-refractivity contribution >= 4 is 23.6 Å². The molecule has 0 aliphatic carbocycles. The molecular formula is C21H24ClFN2O2. The summed E-state index contributed by atoms with van der Waals surface area (Å²) in [6.07, 6.45) is 1.76. The quantitative estimate of drug-likeness (QED) is 0.501. The molecule has 0 spiro atoms. The molecule has 0 bridgehead atoms. The second-order valence-corrected chi connectivity index (χ2v) is 7.21. The summed E-state index contributed by atoms with van der Waals surface area (Å²) in [7, 11) is 1.95. The fourth-order valence-electron chi connectivity index (χ4n) is 2.93. The van der Waals surface area contributed by atoms with Gasteiger partial charge in [0.2, 0.25) is 0 Å². The Balaban J connectivity index is 1.83. The highest BCUT2D eigenvalue weighted by Gasteiger charge is 2.43. The van der Waals surface area contributed by atoms with Crippen LogP contribution in [0.1, 0.15) is 23.6 Å². The van der Waals surface area contributed by atoms with Gasteiger partial charge in [-0.3, -0.25) is 0 Å². The van der Waals surface area contributed by atoms with E-state index in [0.29, 0.717) is 29.5 Å². The molecule has 1 aliphatic rings. The number of aliphatic imine (C=N–C) groups is 1. The normalized spacial score (nSPS) is 15.7. The number of hydrogen-bond acceptors (Lipinski definition) is 3. The highest BCUT2D eigenvalue weighted by Crippen LogP contribution is 2.40. The number of halogens is 2. The van der Waals surface area contributed by atoms with Gasteiger partial charge in [0.15, 0.2) is 0 Å². The number of aryl methyl sites for hydroxylation is 1. The Morgan fingerprint density at radius 3 is 2.70 bits per heavy atom. The van der Waals surface area contributed by atoms with Gasteiger partial charge in [0, 0.05) is 19.2 Å². The molecule has 0 N–H and O–H groups in total. The van der Waals surface area contributed by atoms with Crippen molar-refractivity contribution in [2.24, 2.45) is 4.99 Å². The Labute approximate surface area is 164 Å². The van der Waals surface area contributed by atoms with E-state index in [1.54, 1.807) is 24.5 Å². The highest BCUT2D eigenvalue weighted by molar-refractivity contribution is 6.33. The molecule has 27 heavy (non-hydrogen) atoms. The van der Waals surface area contributed by atoms with Crippen LogP contribution in [-0.2, 0) is 21.7 Å². The Morgan fingerprint density at radius 1 is 1.33 bits per heavy atom. The van der Waals surface area contributed by atoms with Gasteiger partial charge < -0.3 is 14.4 Å². The molecule has 0 atom stereocenters. The molecule has 1 fully saturated rings. The fraction of sp³-hybridized carbons (Fsp3) is 0.381. The van der Waals surface area contributed by atoms with Gasteiger partial charge in [0.1, 0.15) is 11.4 Å². The third-order valence-electron chi connectivity index (χ3n) is 4.81. The molecule has 0 unspecified atom stereocenters. The van der Waals surface area contributed by atoms with Crippen LogP contribution < -0.4 is 0 Å².